The molecule has 0 bridgehead atoms. The minimum absolute atomic E-state index is 0.116. The van der Waals surface area contributed by atoms with E-state index < -0.39 is 60.8 Å². The van der Waals surface area contributed by atoms with Crippen molar-refractivity contribution in [3.8, 4) is 0 Å². The van der Waals surface area contributed by atoms with Gasteiger partial charge in [-0.05, 0) is 24.8 Å². The summed E-state index contributed by atoms with van der Waals surface area (Å²) in [5.41, 5.74) is 17.3. The maximum Gasteiger partial charge on any atom is 0.326 e. The average molecular weight is 494 g/mol. The minimum Gasteiger partial charge on any atom is -0.481 e. The van der Waals surface area contributed by atoms with Crippen LogP contribution in [0.2, 0.25) is 0 Å². The number of benzene rings is 1. The van der Waals surface area contributed by atoms with Gasteiger partial charge in [0.05, 0.1) is 19.0 Å². The summed E-state index contributed by atoms with van der Waals surface area (Å²) < 4.78 is 0. The number of rotatable bonds is 15. The Morgan fingerprint density at radius 2 is 1.60 bits per heavy atom. The zero-order valence-electron chi connectivity index (χ0n) is 19.0. The standard InChI is InChI=1S/C21H31N7O7/c22-13(9-12-5-2-1-3-6-12)18(32)28-14(7-4-8-25-21(23)24)19(33)26-11-16(29)27-15(20(34)35)10-17(30)31/h1-3,5-6,13-15H,4,7-11,22H2,(H,26,33)(H,27,29)(H,28,32)(H,30,31)(H,34,35)(H4,23,24,25). The molecule has 0 fully saturated rings. The summed E-state index contributed by atoms with van der Waals surface area (Å²) in [5, 5.41) is 24.6. The quantitative estimate of drug-likeness (QED) is 0.0710. The van der Waals surface area contributed by atoms with Crippen LogP contribution in [0.15, 0.2) is 35.3 Å². The summed E-state index contributed by atoms with van der Waals surface area (Å²) in [7, 11) is 0. The van der Waals surface area contributed by atoms with Crippen LogP contribution in [0, 0.1) is 0 Å². The van der Waals surface area contributed by atoms with Crippen molar-refractivity contribution in [1.82, 2.24) is 16.0 Å². The summed E-state index contributed by atoms with van der Waals surface area (Å²) >= 11 is 0. The van der Waals surface area contributed by atoms with E-state index in [1.54, 1.807) is 24.3 Å². The lowest BCUT2D eigenvalue weighted by molar-refractivity contribution is -0.147. The predicted molar refractivity (Wildman–Crippen MR) is 125 cm³/mol. The third-order valence-electron chi connectivity index (χ3n) is 4.65. The fourth-order valence-electron chi connectivity index (χ4n) is 2.92. The van der Waals surface area contributed by atoms with Crippen molar-refractivity contribution in [2.75, 3.05) is 13.1 Å². The van der Waals surface area contributed by atoms with E-state index in [0.29, 0.717) is 6.42 Å². The van der Waals surface area contributed by atoms with Crippen LogP contribution in [0.25, 0.3) is 0 Å². The van der Waals surface area contributed by atoms with Crippen molar-refractivity contribution in [1.29, 1.82) is 0 Å². The van der Waals surface area contributed by atoms with E-state index in [9.17, 15) is 24.0 Å². The van der Waals surface area contributed by atoms with Crippen molar-refractivity contribution in [2.24, 2.45) is 22.2 Å². The Morgan fingerprint density at radius 3 is 2.17 bits per heavy atom. The molecule has 3 unspecified atom stereocenters. The van der Waals surface area contributed by atoms with Gasteiger partial charge in [-0.2, -0.15) is 0 Å². The summed E-state index contributed by atoms with van der Waals surface area (Å²) in [5.74, 6) is -5.33. The van der Waals surface area contributed by atoms with E-state index in [4.69, 9.17) is 27.4 Å². The lowest BCUT2D eigenvalue weighted by Gasteiger charge is -2.21. The summed E-state index contributed by atoms with van der Waals surface area (Å²) in [6.07, 6.45) is -0.170. The van der Waals surface area contributed by atoms with Gasteiger partial charge in [0.15, 0.2) is 5.96 Å². The number of carboxylic acid groups (broad SMARTS) is 2. The molecule has 0 aliphatic rings. The molecule has 0 spiro atoms. The number of carboxylic acids is 2. The molecule has 14 nitrogen and oxygen atoms in total. The second-order valence-corrected chi connectivity index (χ2v) is 7.58. The highest BCUT2D eigenvalue weighted by Gasteiger charge is 2.26. The van der Waals surface area contributed by atoms with Crippen molar-refractivity contribution in [2.45, 2.75) is 43.8 Å². The fraction of sp³-hybridized carbons (Fsp3) is 0.429. The van der Waals surface area contributed by atoms with Gasteiger partial charge in [-0.1, -0.05) is 30.3 Å². The van der Waals surface area contributed by atoms with Crippen molar-refractivity contribution in [3.05, 3.63) is 35.9 Å². The molecule has 0 saturated heterocycles. The zero-order valence-corrected chi connectivity index (χ0v) is 19.0. The maximum absolute atomic E-state index is 12.6. The van der Waals surface area contributed by atoms with Crippen molar-refractivity contribution >= 4 is 35.6 Å². The number of guanidine groups is 1. The molecule has 0 heterocycles. The van der Waals surface area contributed by atoms with Crippen LogP contribution in [0.4, 0.5) is 0 Å². The first-order valence-electron chi connectivity index (χ1n) is 10.7. The maximum atomic E-state index is 12.6. The van der Waals surface area contributed by atoms with Crippen molar-refractivity contribution < 1.29 is 34.2 Å². The molecule has 11 N–H and O–H groups in total. The van der Waals surface area contributed by atoms with Gasteiger partial charge in [0.1, 0.15) is 12.1 Å². The van der Waals surface area contributed by atoms with Gasteiger partial charge in [0.2, 0.25) is 17.7 Å². The van der Waals surface area contributed by atoms with Gasteiger partial charge < -0.3 is 43.4 Å². The Hall–Kier alpha value is -4.20. The number of nitrogens with two attached hydrogens (primary N) is 3. The molecule has 0 saturated carbocycles. The number of aliphatic imine (C=N–C) groups is 1. The zero-order chi connectivity index (χ0) is 26.4. The van der Waals surface area contributed by atoms with Crippen molar-refractivity contribution in [3.63, 3.8) is 0 Å². The van der Waals surface area contributed by atoms with Gasteiger partial charge in [-0.3, -0.25) is 24.2 Å². The lowest BCUT2D eigenvalue weighted by atomic mass is 10.0. The molecular formula is C21H31N7O7. The van der Waals surface area contributed by atoms with Crippen LogP contribution in [0.1, 0.15) is 24.8 Å². The summed E-state index contributed by atoms with van der Waals surface area (Å²) in [4.78, 5) is 62.8. The van der Waals surface area contributed by atoms with Gasteiger partial charge in [-0.15, -0.1) is 0 Å². The molecule has 35 heavy (non-hydrogen) atoms. The number of carbonyl (C=O) groups is 5. The molecule has 0 aromatic heterocycles. The minimum atomic E-state index is -1.66. The first kappa shape index (κ1) is 28.8. The van der Waals surface area contributed by atoms with Crippen LogP contribution in [-0.4, -0.2) is 77.0 Å². The van der Waals surface area contributed by atoms with Crippen LogP contribution in [0.3, 0.4) is 0 Å². The number of hydrogen-bond donors (Lipinski definition) is 8. The molecule has 0 radical (unpaired) electrons. The highest BCUT2D eigenvalue weighted by atomic mass is 16.4. The van der Waals surface area contributed by atoms with E-state index in [1.165, 1.54) is 0 Å². The third-order valence-corrected chi connectivity index (χ3v) is 4.65. The van der Waals surface area contributed by atoms with Crippen LogP contribution in [-0.2, 0) is 30.4 Å². The van der Waals surface area contributed by atoms with Gasteiger partial charge in [-0.25, -0.2) is 4.79 Å². The molecule has 1 aromatic carbocycles. The van der Waals surface area contributed by atoms with E-state index in [2.05, 4.69) is 15.6 Å². The smallest absolute Gasteiger partial charge is 0.326 e. The lowest BCUT2D eigenvalue weighted by Crippen LogP contribution is -2.54. The molecule has 1 aromatic rings. The molecule has 3 atom stereocenters. The fourth-order valence-corrected chi connectivity index (χ4v) is 2.92. The molecule has 192 valence electrons. The number of hydrogen-bond acceptors (Lipinski definition) is 7. The molecule has 0 aliphatic carbocycles. The Bertz CT molecular complexity index is 920. The van der Waals surface area contributed by atoms with E-state index in [0.717, 1.165) is 5.56 Å². The third kappa shape index (κ3) is 12.0. The number of amides is 3. The second kappa shape index (κ2) is 14.8. The highest BCUT2D eigenvalue weighted by molar-refractivity contribution is 5.93. The second-order valence-electron chi connectivity index (χ2n) is 7.58. The Labute approximate surface area is 201 Å². The number of aliphatic carboxylic acids is 2. The topological polar surface area (TPSA) is 252 Å². The SMILES string of the molecule is NC(N)=NCCCC(NC(=O)C(N)Cc1ccccc1)C(=O)NCC(=O)NC(CC(=O)O)C(=O)O. The number of nitrogens with one attached hydrogen (secondary N) is 3. The predicted octanol–water partition coefficient (Wildman–Crippen LogP) is -2.74. The van der Waals surface area contributed by atoms with Gasteiger partial charge in [0, 0.05) is 6.54 Å². The van der Waals surface area contributed by atoms with Gasteiger partial charge in [0.25, 0.3) is 0 Å². The average Bonchev–Trinajstić information content (AvgIpc) is 2.78. The largest absolute Gasteiger partial charge is 0.481 e. The Morgan fingerprint density at radius 1 is 0.943 bits per heavy atom. The molecule has 14 heteroatoms. The van der Waals surface area contributed by atoms with Crippen LogP contribution < -0.4 is 33.2 Å². The Balaban J connectivity index is 2.74. The Kier molecular flexibility index (Phi) is 12.2. The highest BCUT2D eigenvalue weighted by Crippen LogP contribution is 2.04. The molecule has 3 amide bonds. The number of carbonyl (C=O) groups excluding carboxylic acids is 3. The monoisotopic (exact) mass is 493 g/mol. The van der Waals surface area contributed by atoms with E-state index in [-0.39, 0.29) is 25.3 Å². The van der Waals surface area contributed by atoms with Crippen LogP contribution >= 0.6 is 0 Å². The normalized spacial score (nSPS) is 12.9. The molecular weight excluding hydrogens is 462 g/mol. The van der Waals surface area contributed by atoms with E-state index >= 15 is 0 Å². The number of nitrogens with zero attached hydrogens (tertiary/aromatic N) is 1. The molecule has 1 rings (SSSR count). The summed E-state index contributed by atoms with van der Waals surface area (Å²) in [6.45, 7) is -0.452. The molecule has 0 aliphatic heterocycles. The van der Waals surface area contributed by atoms with Gasteiger partial charge >= 0.3 is 11.9 Å². The van der Waals surface area contributed by atoms with Crippen LogP contribution in [0.5, 0.6) is 0 Å². The first-order valence-corrected chi connectivity index (χ1v) is 10.7. The first-order chi connectivity index (χ1) is 16.5. The summed E-state index contributed by atoms with van der Waals surface area (Å²) in [6, 6.07) is 5.35. The van der Waals surface area contributed by atoms with E-state index in [1.807, 2.05) is 11.4 Å².